The van der Waals surface area contributed by atoms with Crippen LogP contribution in [0.4, 0.5) is 0 Å². The van der Waals surface area contributed by atoms with Crippen molar-refractivity contribution in [1.82, 2.24) is 0 Å². The molecule has 3 nitrogen and oxygen atoms in total. The van der Waals surface area contributed by atoms with Crippen molar-refractivity contribution in [2.75, 3.05) is 6.61 Å². The molecule has 0 fully saturated rings. The van der Waals surface area contributed by atoms with E-state index in [-0.39, 0.29) is 18.3 Å². The van der Waals surface area contributed by atoms with Gasteiger partial charge in [-0.3, -0.25) is 9.59 Å². The molecule has 4 rings (SSSR count). The molecule has 30 heavy (non-hydrogen) atoms. The summed E-state index contributed by atoms with van der Waals surface area (Å²) in [7, 11) is 0. The Bertz CT molecular complexity index is 1100. The predicted molar refractivity (Wildman–Crippen MR) is 119 cm³/mol. The molecule has 1 aliphatic rings. The van der Waals surface area contributed by atoms with Crippen molar-refractivity contribution in [2.24, 2.45) is 5.92 Å². The number of ether oxygens (including phenoxy) is 1. The molecule has 1 atom stereocenters. The SMILES string of the molecule is CC(C)[C@H](C(=O)OCC(=O)c1ccc2c(c1)-c1ccccc1C2)c1ccc(Cl)cc1. The minimum absolute atomic E-state index is 0.0327. The number of benzene rings is 3. The number of esters is 1. The third-order valence-electron chi connectivity index (χ3n) is 5.62. The van der Waals surface area contributed by atoms with Gasteiger partial charge in [-0.15, -0.1) is 0 Å². The summed E-state index contributed by atoms with van der Waals surface area (Å²) in [5.41, 5.74) is 6.14. The molecular weight excluding hydrogens is 396 g/mol. The predicted octanol–water partition coefficient (Wildman–Crippen LogP) is 6.08. The van der Waals surface area contributed by atoms with E-state index in [1.807, 2.05) is 56.3 Å². The van der Waals surface area contributed by atoms with Gasteiger partial charge in [-0.2, -0.15) is 0 Å². The van der Waals surface area contributed by atoms with Gasteiger partial charge in [0.1, 0.15) is 0 Å². The molecule has 0 spiro atoms. The molecule has 0 unspecified atom stereocenters. The van der Waals surface area contributed by atoms with Gasteiger partial charge in [0.15, 0.2) is 12.4 Å². The van der Waals surface area contributed by atoms with E-state index in [0.29, 0.717) is 10.6 Å². The highest BCUT2D eigenvalue weighted by molar-refractivity contribution is 6.30. The Kier molecular flexibility index (Phi) is 5.74. The van der Waals surface area contributed by atoms with E-state index >= 15 is 0 Å². The number of fused-ring (bicyclic) bond motifs is 3. The van der Waals surface area contributed by atoms with Crippen LogP contribution >= 0.6 is 11.6 Å². The number of rotatable bonds is 6. The number of Topliss-reactive ketones (excluding diaryl/α,β-unsaturated/α-hetero) is 1. The van der Waals surface area contributed by atoms with Crippen molar-refractivity contribution in [1.29, 1.82) is 0 Å². The summed E-state index contributed by atoms with van der Waals surface area (Å²) in [6.45, 7) is 3.65. The second kappa shape index (κ2) is 8.45. The lowest BCUT2D eigenvalue weighted by Gasteiger charge is -2.20. The van der Waals surface area contributed by atoms with Gasteiger partial charge >= 0.3 is 5.97 Å². The Morgan fingerprint density at radius 1 is 0.933 bits per heavy atom. The van der Waals surface area contributed by atoms with Gasteiger partial charge in [-0.1, -0.05) is 74.0 Å². The van der Waals surface area contributed by atoms with E-state index in [1.54, 1.807) is 12.1 Å². The Morgan fingerprint density at radius 2 is 1.63 bits per heavy atom. The van der Waals surface area contributed by atoms with E-state index < -0.39 is 11.9 Å². The van der Waals surface area contributed by atoms with Crippen LogP contribution in [0.3, 0.4) is 0 Å². The summed E-state index contributed by atoms with van der Waals surface area (Å²) in [5, 5.41) is 0.614. The van der Waals surface area contributed by atoms with E-state index in [2.05, 4.69) is 12.1 Å². The van der Waals surface area contributed by atoms with Gasteiger partial charge < -0.3 is 4.74 Å². The summed E-state index contributed by atoms with van der Waals surface area (Å²) in [5.74, 6) is -1.01. The molecule has 0 saturated carbocycles. The third-order valence-corrected chi connectivity index (χ3v) is 5.87. The molecule has 0 amide bonds. The number of carbonyl (C=O) groups is 2. The summed E-state index contributed by atoms with van der Waals surface area (Å²) >= 11 is 5.96. The highest BCUT2D eigenvalue weighted by Gasteiger charge is 2.27. The van der Waals surface area contributed by atoms with Crippen molar-refractivity contribution in [3.05, 3.63) is 94.0 Å². The number of halogens is 1. The zero-order valence-corrected chi connectivity index (χ0v) is 17.8. The molecule has 0 radical (unpaired) electrons. The minimum Gasteiger partial charge on any atom is -0.457 e. The molecule has 0 bridgehead atoms. The molecule has 0 N–H and O–H groups in total. The summed E-state index contributed by atoms with van der Waals surface area (Å²) in [6.07, 6.45) is 0.881. The number of carbonyl (C=O) groups excluding carboxylic acids is 2. The first kappa shape index (κ1) is 20.4. The second-order valence-corrected chi connectivity index (χ2v) is 8.45. The fraction of sp³-hybridized carbons (Fsp3) is 0.231. The van der Waals surface area contributed by atoms with Crippen LogP contribution in [0.25, 0.3) is 11.1 Å². The number of hydrogen-bond acceptors (Lipinski definition) is 3. The second-order valence-electron chi connectivity index (χ2n) is 8.01. The van der Waals surface area contributed by atoms with Crippen LogP contribution < -0.4 is 0 Å². The lowest BCUT2D eigenvalue weighted by Crippen LogP contribution is -2.23. The van der Waals surface area contributed by atoms with Gasteiger partial charge in [0.2, 0.25) is 0 Å². The van der Waals surface area contributed by atoms with E-state index in [0.717, 1.165) is 17.5 Å². The molecular formula is C26H23ClO3. The fourth-order valence-electron chi connectivity index (χ4n) is 4.07. The average molecular weight is 419 g/mol. The highest BCUT2D eigenvalue weighted by atomic mass is 35.5. The third kappa shape index (κ3) is 4.03. The molecule has 3 aromatic carbocycles. The summed E-state index contributed by atoms with van der Waals surface area (Å²) < 4.78 is 5.43. The first-order chi connectivity index (χ1) is 14.4. The molecule has 0 aromatic heterocycles. The Balaban J connectivity index is 1.47. The Morgan fingerprint density at radius 3 is 2.37 bits per heavy atom. The zero-order chi connectivity index (χ0) is 21.3. The van der Waals surface area contributed by atoms with E-state index in [4.69, 9.17) is 16.3 Å². The van der Waals surface area contributed by atoms with Crippen LogP contribution in [-0.2, 0) is 16.0 Å². The van der Waals surface area contributed by atoms with E-state index in [9.17, 15) is 9.59 Å². The standard InChI is InChI=1S/C26H23ClO3/c1-16(2)25(17-9-11-21(27)12-10-17)26(29)30-15-24(28)20-8-7-19-13-18-5-3-4-6-22(18)23(19)14-20/h3-12,14,16,25H,13,15H2,1-2H3/t25-/m0/s1. The molecule has 0 heterocycles. The molecule has 0 aliphatic heterocycles. The van der Waals surface area contributed by atoms with Crippen LogP contribution in [0.15, 0.2) is 66.7 Å². The lowest BCUT2D eigenvalue weighted by atomic mass is 9.88. The van der Waals surface area contributed by atoms with Gasteiger partial charge in [-0.25, -0.2) is 0 Å². The maximum absolute atomic E-state index is 12.7. The van der Waals surface area contributed by atoms with Crippen LogP contribution in [0.5, 0.6) is 0 Å². The van der Waals surface area contributed by atoms with Crippen LogP contribution in [-0.4, -0.2) is 18.4 Å². The van der Waals surface area contributed by atoms with Crippen molar-refractivity contribution in [3.8, 4) is 11.1 Å². The molecule has 4 heteroatoms. The monoisotopic (exact) mass is 418 g/mol. The van der Waals surface area contributed by atoms with Crippen molar-refractivity contribution < 1.29 is 14.3 Å². The maximum Gasteiger partial charge on any atom is 0.314 e. The molecule has 0 saturated heterocycles. The zero-order valence-electron chi connectivity index (χ0n) is 17.0. The molecule has 1 aliphatic carbocycles. The lowest BCUT2D eigenvalue weighted by molar-refractivity contribution is -0.145. The summed E-state index contributed by atoms with van der Waals surface area (Å²) in [6, 6.07) is 21.1. The Labute approximate surface area is 181 Å². The summed E-state index contributed by atoms with van der Waals surface area (Å²) in [4.78, 5) is 25.5. The normalized spacial score (nSPS) is 12.9. The number of ketones is 1. The van der Waals surface area contributed by atoms with Gasteiger partial charge in [0.05, 0.1) is 5.92 Å². The van der Waals surface area contributed by atoms with Crippen molar-refractivity contribution in [3.63, 3.8) is 0 Å². The van der Waals surface area contributed by atoms with Crippen LogP contribution in [0, 0.1) is 5.92 Å². The topological polar surface area (TPSA) is 43.4 Å². The highest BCUT2D eigenvalue weighted by Crippen LogP contribution is 2.37. The fourth-order valence-corrected chi connectivity index (χ4v) is 4.20. The van der Waals surface area contributed by atoms with Crippen molar-refractivity contribution in [2.45, 2.75) is 26.2 Å². The van der Waals surface area contributed by atoms with Gasteiger partial charge in [0.25, 0.3) is 0 Å². The first-order valence-corrected chi connectivity index (χ1v) is 10.5. The van der Waals surface area contributed by atoms with Crippen molar-refractivity contribution >= 4 is 23.4 Å². The first-order valence-electron chi connectivity index (χ1n) is 10.1. The van der Waals surface area contributed by atoms with Crippen LogP contribution in [0.1, 0.15) is 46.8 Å². The Hall–Kier alpha value is -2.91. The average Bonchev–Trinajstić information content (AvgIpc) is 3.11. The minimum atomic E-state index is -0.443. The smallest absolute Gasteiger partial charge is 0.314 e. The molecule has 152 valence electrons. The van der Waals surface area contributed by atoms with E-state index in [1.165, 1.54) is 16.7 Å². The van der Waals surface area contributed by atoms with Gasteiger partial charge in [0, 0.05) is 10.6 Å². The quantitative estimate of drug-likeness (QED) is 0.281. The molecule has 3 aromatic rings. The largest absolute Gasteiger partial charge is 0.457 e. The maximum atomic E-state index is 12.7. The van der Waals surface area contributed by atoms with Gasteiger partial charge in [-0.05, 0) is 58.4 Å². The number of hydrogen-bond donors (Lipinski definition) is 0. The van der Waals surface area contributed by atoms with Crippen LogP contribution in [0.2, 0.25) is 5.02 Å².